The van der Waals surface area contributed by atoms with Gasteiger partial charge in [-0.3, -0.25) is 19.6 Å². The van der Waals surface area contributed by atoms with Crippen LogP contribution in [-0.4, -0.2) is 45.4 Å². The first-order valence-corrected chi connectivity index (χ1v) is 8.81. The van der Waals surface area contributed by atoms with E-state index in [1.807, 2.05) is 0 Å². The van der Waals surface area contributed by atoms with Crippen LogP contribution in [0.2, 0.25) is 0 Å². The number of benzene rings is 2. The number of rotatable bonds is 6. The number of hydrogen-bond acceptors (Lipinski definition) is 6. The number of ether oxygens (including phenoxy) is 1. The Morgan fingerprint density at radius 1 is 1.15 bits per heavy atom. The maximum Gasteiger partial charge on any atom is 0.271 e. The molecule has 1 N–H and O–H groups in total. The van der Waals surface area contributed by atoms with E-state index in [1.54, 1.807) is 14.1 Å². The summed E-state index contributed by atoms with van der Waals surface area (Å²) in [6.07, 6.45) is 0. The van der Waals surface area contributed by atoms with Crippen molar-refractivity contribution in [2.24, 2.45) is 0 Å². The second-order valence-electron chi connectivity index (χ2n) is 5.47. The van der Waals surface area contributed by atoms with Crippen LogP contribution in [0.3, 0.4) is 0 Å². The number of non-ortho nitro benzene ring substituents is 1. The molecule has 10 heteroatoms. The first kappa shape index (κ1) is 19.2. The van der Waals surface area contributed by atoms with Gasteiger partial charge in [-0.1, -0.05) is 0 Å². The lowest BCUT2D eigenvalue weighted by Crippen LogP contribution is -2.21. The zero-order chi connectivity index (χ0) is 19.5. The highest BCUT2D eigenvalue weighted by Gasteiger charge is 2.23. The third-order valence-electron chi connectivity index (χ3n) is 3.44. The van der Waals surface area contributed by atoms with Gasteiger partial charge in [0.05, 0.1) is 12.0 Å². The van der Waals surface area contributed by atoms with Crippen molar-refractivity contribution in [1.29, 1.82) is 0 Å². The number of nitro benzene ring substituents is 1. The van der Waals surface area contributed by atoms with E-state index < -0.39 is 14.9 Å². The lowest BCUT2D eigenvalue weighted by atomic mass is 10.2. The van der Waals surface area contributed by atoms with Crippen molar-refractivity contribution in [2.45, 2.75) is 4.90 Å². The number of nitrogens with zero attached hydrogens (tertiary/aromatic N) is 2. The van der Waals surface area contributed by atoms with Gasteiger partial charge in [-0.2, -0.15) is 0 Å². The molecule has 2 rings (SSSR count). The fraction of sp³-hybridized carbons (Fsp3) is 0.188. The molecule has 0 unspecified atom stereocenters. The Labute approximate surface area is 150 Å². The van der Waals surface area contributed by atoms with E-state index in [9.17, 15) is 23.3 Å². The maximum absolute atomic E-state index is 12.6. The summed E-state index contributed by atoms with van der Waals surface area (Å²) < 4.78 is 32.5. The van der Waals surface area contributed by atoms with Crippen LogP contribution in [0.25, 0.3) is 0 Å². The average Bonchev–Trinajstić information content (AvgIpc) is 2.60. The van der Waals surface area contributed by atoms with Crippen LogP contribution in [0, 0.1) is 10.1 Å². The molecule has 0 aliphatic carbocycles. The smallest absolute Gasteiger partial charge is 0.271 e. The largest absolute Gasteiger partial charge is 0.495 e. The molecule has 0 saturated carbocycles. The van der Waals surface area contributed by atoms with Gasteiger partial charge in [-0.15, -0.1) is 0 Å². The summed E-state index contributed by atoms with van der Waals surface area (Å²) in [5.41, 5.74) is 0.220. The first-order valence-electron chi connectivity index (χ1n) is 7.32. The molecule has 0 aliphatic heterocycles. The first-order chi connectivity index (χ1) is 12.2. The molecule has 0 aromatic heterocycles. The molecular weight excluding hydrogens is 362 g/mol. The van der Waals surface area contributed by atoms with Gasteiger partial charge in [0.1, 0.15) is 10.6 Å². The molecule has 0 atom stereocenters. The highest BCUT2D eigenvalue weighted by Crippen LogP contribution is 2.29. The minimum absolute atomic E-state index is 0.0255. The lowest BCUT2D eigenvalue weighted by Gasteiger charge is -2.13. The van der Waals surface area contributed by atoms with E-state index in [0.29, 0.717) is 5.56 Å². The van der Waals surface area contributed by atoms with Crippen LogP contribution in [-0.2, 0) is 10.0 Å². The molecule has 2 aromatic carbocycles. The number of methoxy groups -OCH3 is 1. The van der Waals surface area contributed by atoms with Crippen LogP contribution in [0.5, 0.6) is 5.75 Å². The van der Waals surface area contributed by atoms with E-state index in [1.165, 1.54) is 42.3 Å². The normalized spacial score (nSPS) is 10.9. The van der Waals surface area contributed by atoms with Crippen LogP contribution >= 0.6 is 0 Å². The number of anilines is 1. The molecule has 0 bridgehead atoms. The molecular formula is C16H17N3O6S. The summed E-state index contributed by atoms with van der Waals surface area (Å²) in [4.78, 5) is 23.1. The lowest BCUT2D eigenvalue weighted by molar-refractivity contribution is -0.385. The second kappa shape index (κ2) is 7.40. The summed E-state index contributed by atoms with van der Waals surface area (Å²) in [7, 11) is 0.339. The van der Waals surface area contributed by atoms with Gasteiger partial charge >= 0.3 is 0 Å². The van der Waals surface area contributed by atoms with Gasteiger partial charge < -0.3 is 9.64 Å². The molecule has 2 aromatic rings. The highest BCUT2D eigenvalue weighted by molar-refractivity contribution is 7.92. The van der Waals surface area contributed by atoms with E-state index in [-0.39, 0.29) is 27.9 Å². The predicted molar refractivity (Wildman–Crippen MR) is 94.9 cm³/mol. The predicted octanol–water partition coefficient (Wildman–Crippen LogP) is 2.11. The third kappa shape index (κ3) is 4.09. The molecule has 9 nitrogen and oxygen atoms in total. The molecule has 0 radical (unpaired) electrons. The van der Waals surface area contributed by atoms with Gasteiger partial charge in [-0.25, -0.2) is 8.42 Å². The summed E-state index contributed by atoms with van der Waals surface area (Å²) in [5, 5.41) is 10.9. The molecule has 138 valence electrons. The van der Waals surface area contributed by atoms with Gasteiger partial charge in [0.15, 0.2) is 0 Å². The Kier molecular flexibility index (Phi) is 5.46. The Bertz CT molecular complexity index is 939. The minimum atomic E-state index is -4.14. The van der Waals surface area contributed by atoms with Crippen molar-refractivity contribution in [2.75, 3.05) is 25.9 Å². The van der Waals surface area contributed by atoms with Gasteiger partial charge in [0.2, 0.25) is 0 Å². The number of nitrogens with one attached hydrogen (secondary N) is 1. The summed E-state index contributed by atoms with van der Waals surface area (Å²) in [6.45, 7) is 0. The zero-order valence-corrected chi connectivity index (χ0v) is 15.1. The Morgan fingerprint density at radius 3 is 2.27 bits per heavy atom. The number of carbonyl (C=O) groups excluding carboxylic acids is 1. The highest BCUT2D eigenvalue weighted by atomic mass is 32.2. The zero-order valence-electron chi connectivity index (χ0n) is 14.3. The van der Waals surface area contributed by atoms with Crippen molar-refractivity contribution in [3.8, 4) is 5.75 Å². The summed E-state index contributed by atoms with van der Waals surface area (Å²) in [5.74, 6) is -0.248. The summed E-state index contributed by atoms with van der Waals surface area (Å²) in [6, 6.07) is 9.10. The molecule has 1 amide bonds. The SMILES string of the molecule is COc1ccc([N+](=O)[O-])cc1S(=O)(=O)Nc1ccc(C(=O)N(C)C)cc1. The molecule has 0 aliphatic rings. The molecule has 0 heterocycles. The fourth-order valence-electron chi connectivity index (χ4n) is 2.14. The van der Waals surface area contributed by atoms with Crippen molar-refractivity contribution in [3.63, 3.8) is 0 Å². The number of nitro groups is 1. The second-order valence-corrected chi connectivity index (χ2v) is 7.13. The van der Waals surface area contributed by atoms with Crippen molar-refractivity contribution < 1.29 is 22.9 Å². The standard InChI is InChI=1S/C16H17N3O6S/c1-18(2)16(20)11-4-6-12(7-5-11)17-26(23,24)15-10-13(19(21)22)8-9-14(15)25-3/h4-10,17H,1-3H3. The van der Waals surface area contributed by atoms with E-state index >= 15 is 0 Å². The van der Waals surface area contributed by atoms with Gasteiger partial charge in [0.25, 0.3) is 21.6 Å². The Hall–Kier alpha value is -3.14. The Morgan fingerprint density at radius 2 is 1.77 bits per heavy atom. The third-order valence-corrected chi connectivity index (χ3v) is 4.84. The van der Waals surface area contributed by atoms with Crippen molar-refractivity contribution in [3.05, 3.63) is 58.1 Å². The minimum Gasteiger partial charge on any atom is -0.495 e. The van der Waals surface area contributed by atoms with Crippen LogP contribution < -0.4 is 9.46 Å². The number of sulfonamides is 1. The van der Waals surface area contributed by atoms with Gasteiger partial charge in [0, 0.05) is 37.5 Å². The van der Waals surface area contributed by atoms with E-state index in [0.717, 1.165) is 12.1 Å². The van der Waals surface area contributed by atoms with Crippen LogP contribution in [0.15, 0.2) is 47.4 Å². The maximum atomic E-state index is 12.6. The van der Waals surface area contributed by atoms with Crippen LogP contribution in [0.4, 0.5) is 11.4 Å². The van der Waals surface area contributed by atoms with Gasteiger partial charge in [-0.05, 0) is 30.3 Å². The molecule has 0 fully saturated rings. The Balaban J connectivity index is 2.35. The van der Waals surface area contributed by atoms with E-state index in [4.69, 9.17) is 4.74 Å². The fourth-order valence-corrected chi connectivity index (χ4v) is 3.39. The monoisotopic (exact) mass is 379 g/mol. The van der Waals surface area contributed by atoms with Crippen molar-refractivity contribution >= 4 is 27.3 Å². The topological polar surface area (TPSA) is 119 Å². The quantitative estimate of drug-likeness (QED) is 0.606. The average molecular weight is 379 g/mol. The molecule has 0 spiro atoms. The number of carbonyl (C=O) groups is 1. The molecule has 0 saturated heterocycles. The molecule has 26 heavy (non-hydrogen) atoms. The summed E-state index contributed by atoms with van der Waals surface area (Å²) >= 11 is 0. The van der Waals surface area contributed by atoms with Crippen molar-refractivity contribution in [1.82, 2.24) is 4.90 Å². The van der Waals surface area contributed by atoms with Crippen LogP contribution in [0.1, 0.15) is 10.4 Å². The number of hydrogen-bond donors (Lipinski definition) is 1. The van der Waals surface area contributed by atoms with E-state index in [2.05, 4.69) is 4.72 Å². The number of amides is 1.